The lowest BCUT2D eigenvalue weighted by Crippen LogP contribution is -2.23. The number of thiazole rings is 1. The van der Waals surface area contributed by atoms with Crippen molar-refractivity contribution in [2.45, 2.75) is 12.7 Å². The highest BCUT2D eigenvalue weighted by molar-refractivity contribution is 7.16. The quantitative estimate of drug-likeness (QED) is 0.728. The third-order valence-corrected chi connectivity index (χ3v) is 4.77. The van der Waals surface area contributed by atoms with Crippen molar-refractivity contribution in [1.82, 2.24) is 14.1 Å². The van der Waals surface area contributed by atoms with Crippen LogP contribution < -0.4 is 5.69 Å². The van der Waals surface area contributed by atoms with Crippen LogP contribution in [0.15, 0.2) is 21.6 Å². The number of aromatic nitrogens is 3. The minimum absolute atomic E-state index is 0.0412. The summed E-state index contributed by atoms with van der Waals surface area (Å²) in [6.45, 7) is 0.0412. The zero-order valence-corrected chi connectivity index (χ0v) is 11.8. The predicted molar refractivity (Wildman–Crippen MR) is 71.3 cm³/mol. The molecule has 0 saturated carbocycles. The highest BCUT2D eigenvalue weighted by atomic mass is 32.1. The van der Waals surface area contributed by atoms with Gasteiger partial charge in [-0.2, -0.15) is 13.2 Å². The van der Waals surface area contributed by atoms with Gasteiger partial charge in [0.05, 0.1) is 17.8 Å². The lowest BCUT2D eigenvalue weighted by atomic mass is 10.4. The van der Waals surface area contributed by atoms with Crippen molar-refractivity contribution in [3.63, 3.8) is 0 Å². The molecule has 0 fully saturated rings. The molecule has 0 aromatic carbocycles. The fourth-order valence-electron chi connectivity index (χ4n) is 1.95. The number of halogens is 3. The van der Waals surface area contributed by atoms with Gasteiger partial charge in [0.2, 0.25) is 0 Å². The van der Waals surface area contributed by atoms with Crippen molar-refractivity contribution >= 4 is 33.0 Å². The minimum Gasteiger partial charge on any atom is -0.286 e. The summed E-state index contributed by atoms with van der Waals surface area (Å²) in [5.41, 5.74) is 0.695. The summed E-state index contributed by atoms with van der Waals surface area (Å²) >= 11 is 1.95. The Labute approximate surface area is 118 Å². The standard InChI is InChI=1S/C11H8F3N3OS2/c1-16-8-7(2-3-19-8)17(10(16)18)4-6-5-20-9(15-6)11(12,13)14/h2-3,5H,4H2,1H3. The molecule has 3 rings (SSSR count). The number of fused-ring (bicyclic) bond motifs is 1. The Kier molecular flexibility index (Phi) is 2.98. The molecule has 106 valence electrons. The number of hydrogen-bond acceptors (Lipinski definition) is 4. The summed E-state index contributed by atoms with van der Waals surface area (Å²) in [5.74, 6) is 0. The predicted octanol–water partition coefficient (Wildman–Crippen LogP) is 2.93. The van der Waals surface area contributed by atoms with E-state index in [4.69, 9.17) is 0 Å². The van der Waals surface area contributed by atoms with Crippen molar-refractivity contribution < 1.29 is 13.2 Å². The summed E-state index contributed by atoms with van der Waals surface area (Å²) in [6, 6.07) is 1.78. The van der Waals surface area contributed by atoms with Gasteiger partial charge in [0.25, 0.3) is 0 Å². The first-order valence-corrected chi connectivity index (χ1v) is 7.28. The molecular weight excluding hydrogens is 311 g/mol. The maximum atomic E-state index is 12.5. The van der Waals surface area contributed by atoms with Gasteiger partial charge in [-0.1, -0.05) is 0 Å². The fraction of sp³-hybridized carbons (Fsp3) is 0.273. The summed E-state index contributed by atoms with van der Waals surface area (Å²) in [4.78, 5) is 16.4. The molecule has 20 heavy (non-hydrogen) atoms. The van der Waals surface area contributed by atoms with Gasteiger partial charge >= 0.3 is 11.9 Å². The Morgan fingerprint density at radius 1 is 1.35 bits per heavy atom. The van der Waals surface area contributed by atoms with Crippen LogP contribution >= 0.6 is 22.7 Å². The van der Waals surface area contributed by atoms with E-state index < -0.39 is 11.2 Å². The molecule has 0 bridgehead atoms. The largest absolute Gasteiger partial charge is 0.443 e. The van der Waals surface area contributed by atoms with E-state index in [9.17, 15) is 18.0 Å². The number of nitrogens with zero attached hydrogens (tertiary/aromatic N) is 3. The van der Waals surface area contributed by atoms with Crippen molar-refractivity contribution in [3.05, 3.63) is 38.0 Å². The normalized spacial score (nSPS) is 12.4. The fourth-order valence-corrected chi connectivity index (χ4v) is 3.49. The zero-order valence-electron chi connectivity index (χ0n) is 10.1. The molecule has 4 nitrogen and oxygen atoms in total. The van der Waals surface area contributed by atoms with Gasteiger partial charge in [-0.25, -0.2) is 9.78 Å². The third-order valence-electron chi connectivity index (χ3n) is 2.85. The Morgan fingerprint density at radius 3 is 2.75 bits per heavy atom. The molecule has 0 N–H and O–H groups in total. The molecule has 0 aliphatic carbocycles. The van der Waals surface area contributed by atoms with Crippen LogP contribution in [0.2, 0.25) is 0 Å². The average molecular weight is 319 g/mol. The van der Waals surface area contributed by atoms with Crippen LogP contribution in [0.4, 0.5) is 13.2 Å². The zero-order chi connectivity index (χ0) is 14.5. The number of hydrogen-bond donors (Lipinski definition) is 0. The van der Waals surface area contributed by atoms with E-state index in [1.54, 1.807) is 13.1 Å². The minimum atomic E-state index is -4.44. The summed E-state index contributed by atoms with van der Waals surface area (Å²) in [6.07, 6.45) is -4.44. The highest BCUT2D eigenvalue weighted by Crippen LogP contribution is 2.31. The molecule has 3 heterocycles. The van der Waals surface area contributed by atoms with E-state index >= 15 is 0 Å². The molecule has 0 radical (unpaired) electrons. The maximum absolute atomic E-state index is 12.5. The Hall–Kier alpha value is -1.61. The van der Waals surface area contributed by atoms with Crippen LogP contribution in [-0.2, 0) is 19.8 Å². The third kappa shape index (κ3) is 2.06. The first-order chi connectivity index (χ1) is 9.38. The second kappa shape index (κ2) is 4.45. The molecule has 0 aliphatic heterocycles. The van der Waals surface area contributed by atoms with Crippen LogP contribution in [0.3, 0.4) is 0 Å². The van der Waals surface area contributed by atoms with Crippen LogP contribution in [0, 0.1) is 0 Å². The van der Waals surface area contributed by atoms with Crippen LogP contribution in [0.25, 0.3) is 10.3 Å². The van der Waals surface area contributed by atoms with Gasteiger partial charge < -0.3 is 0 Å². The second-order valence-corrected chi connectivity index (χ2v) is 5.93. The molecule has 0 atom stereocenters. The van der Waals surface area contributed by atoms with E-state index in [0.717, 1.165) is 4.83 Å². The first kappa shape index (κ1) is 13.4. The van der Waals surface area contributed by atoms with Crippen molar-refractivity contribution in [2.75, 3.05) is 0 Å². The highest BCUT2D eigenvalue weighted by Gasteiger charge is 2.34. The van der Waals surface area contributed by atoms with Gasteiger partial charge in [-0.05, 0) is 11.4 Å². The van der Waals surface area contributed by atoms with E-state index in [0.29, 0.717) is 16.9 Å². The topological polar surface area (TPSA) is 39.8 Å². The molecule has 9 heteroatoms. The van der Waals surface area contributed by atoms with E-state index in [2.05, 4.69) is 4.98 Å². The summed E-state index contributed by atoms with van der Waals surface area (Å²) in [5, 5.41) is 2.28. The molecule has 3 aromatic heterocycles. The van der Waals surface area contributed by atoms with Crippen molar-refractivity contribution in [1.29, 1.82) is 0 Å². The number of alkyl halides is 3. The van der Waals surface area contributed by atoms with Gasteiger partial charge in [0.15, 0.2) is 5.01 Å². The first-order valence-electron chi connectivity index (χ1n) is 5.52. The van der Waals surface area contributed by atoms with Gasteiger partial charge in [0, 0.05) is 12.4 Å². The van der Waals surface area contributed by atoms with Crippen LogP contribution in [0.5, 0.6) is 0 Å². The molecule has 3 aromatic rings. The Balaban J connectivity index is 2.02. The van der Waals surface area contributed by atoms with E-state index in [1.165, 1.54) is 25.9 Å². The van der Waals surface area contributed by atoms with Crippen LogP contribution in [0.1, 0.15) is 10.7 Å². The number of rotatable bonds is 2. The number of imidazole rings is 1. The van der Waals surface area contributed by atoms with Gasteiger partial charge in [-0.15, -0.1) is 22.7 Å². The monoisotopic (exact) mass is 319 g/mol. The second-order valence-electron chi connectivity index (χ2n) is 4.18. The Morgan fingerprint density at radius 2 is 2.10 bits per heavy atom. The lowest BCUT2D eigenvalue weighted by Gasteiger charge is -2.01. The van der Waals surface area contributed by atoms with E-state index in [1.807, 2.05) is 5.38 Å². The van der Waals surface area contributed by atoms with Crippen molar-refractivity contribution in [3.8, 4) is 0 Å². The lowest BCUT2D eigenvalue weighted by molar-refractivity contribution is -0.137. The number of aryl methyl sites for hydroxylation is 1. The SMILES string of the molecule is Cn1c(=O)n(Cc2csc(C(F)(F)F)n2)c2ccsc21. The molecule has 0 amide bonds. The van der Waals surface area contributed by atoms with E-state index in [-0.39, 0.29) is 17.9 Å². The number of thiophene rings is 1. The average Bonchev–Trinajstić information content (AvgIpc) is 3.05. The maximum Gasteiger partial charge on any atom is 0.443 e. The molecule has 0 aliphatic rings. The molecule has 0 saturated heterocycles. The summed E-state index contributed by atoms with van der Waals surface area (Å²) in [7, 11) is 1.64. The molecular formula is C11H8F3N3OS2. The Bertz CT molecular complexity index is 824. The van der Waals surface area contributed by atoms with Crippen LogP contribution in [-0.4, -0.2) is 14.1 Å². The molecule has 0 spiro atoms. The molecule has 0 unspecified atom stereocenters. The van der Waals surface area contributed by atoms with Gasteiger partial charge in [-0.3, -0.25) is 9.13 Å². The van der Waals surface area contributed by atoms with Gasteiger partial charge in [0.1, 0.15) is 4.83 Å². The summed E-state index contributed by atoms with van der Waals surface area (Å²) < 4.78 is 40.4. The smallest absolute Gasteiger partial charge is 0.286 e. The van der Waals surface area contributed by atoms with Crippen molar-refractivity contribution in [2.24, 2.45) is 7.05 Å².